The first-order valence-electron chi connectivity index (χ1n) is 6.51. The molecule has 0 saturated heterocycles. The first kappa shape index (κ1) is 17.8. The predicted octanol–water partition coefficient (Wildman–Crippen LogP) is 3.54. The first-order chi connectivity index (χ1) is 11.5. The lowest BCUT2D eigenvalue weighted by Gasteiger charge is -1.98. The number of hydrogen-bond donors (Lipinski definition) is 2. The van der Waals surface area contributed by atoms with Crippen LogP contribution in [-0.2, 0) is 0 Å². The molecule has 0 aliphatic carbocycles. The summed E-state index contributed by atoms with van der Waals surface area (Å²) in [5.74, 6) is -1.23. The average Bonchev–Trinajstić information content (AvgIpc) is 2.51. The zero-order valence-corrected chi connectivity index (χ0v) is 13.6. The highest BCUT2D eigenvalue weighted by Crippen LogP contribution is 2.13. The van der Waals surface area contributed by atoms with Crippen LogP contribution >= 0.6 is 23.2 Å². The van der Waals surface area contributed by atoms with Crippen LogP contribution < -0.4 is 11.2 Å². The van der Waals surface area contributed by atoms with Gasteiger partial charge in [0.25, 0.3) is 0 Å². The summed E-state index contributed by atoms with van der Waals surface area (Å²) in [6, 6.07) is 8.25. The molecule has 124 valence electrons. The van der Waals surface area contributed by atoms with E-state index in [1.54, 1.807) is 0 Å². The fourth-order valence-electron chi connectivity index (χ4n) is 1.56. The standard InChI is InChI=1S/C15H11Cl2F2N5/c16-11-3-1-9(13(18)5-11)7-21-23-15(20)24-22-8-10-2-4-12(17)6-14(10)19/h1-8H,(H3,20,23,24)/b21-7+,22-8+. The molecule has 0 amide bonds. The van der Waals surface area contributed by atoms with Gasteiger partial charge in [-0.05, 0) is 36.4 Å². The summed E-state index contributed by atoms with van der Waals surface area (Å²) in [6.07, 6.45) is 2.37. The molecule has 0 aromatic heterocycles. The van der Waals surface area contributed by atoms with Gasteiger partial charge >= 0.3 is 0 Å². The number of benzene rings is 2. The maximum atomic E-state index is 13.5. The van der Waals surface area contributed by atoms with Crippen molar-refractivity contribution in [2.24, 2.45) is 21.0 Å². The van der Waals surface area contributed by atoms with Crippen molar-refractivity contribution in [1.29, 1.82) is 0 Å². The van der Waals surface area contributed by atoms with Crippen LogP contribution in [0.5, 0.6) is 0 Å². The van der Waals surface area contributed by atoms with E-state index in [4.69, 9.17) is 28.9 Å². The van der Waals surface area contributed by atoms with Gasteiger partial charge in [0.05, 0.1) is 12.4 Å². The molecule has 2 aromatic rings. The highest BCUT2D eigenvalue weighted by Gasteiger charge is 2.00. The molecule has 3 N–H and O–H groups in total. The summed E-state index contributed by atoms with van der Waals surface area (Å²) in [5, 5.41) is 11.5. The van der Waals surface area contributed by atoms with Gasteiger partial charge in [0.15, 0.2) is 0 Å². The van der Waals surface area contributed by atoms with Gasteiger partial charge in [0.1, 0.15) is 11.6 Å². The molecule has 0 atom stereocenters. The van der Waals surface area contributed by atoms with Crippen molar-refractivity contribution >= 4 is 41.6 Å². The third-order valence-corrected chi connectivity index (χ3v) is 3.14. The zero-order chi connectivity index (χ0) is 17.5. The van der Waals surface area contributed by atoms with Gasteiger partial charge in [-0.2, -0.15) is 10.2 Å². The minimum atomic E-state index is -0.538. The number of guanidine groups is 1. The summed E-state index contributed by atoms with van der Waals surface area (Å²) in [7, 11) is 0. The quantitative estimate of drug-likeness (QED) is 0.491. The number of nitrogens with two attached hydrogens (primary N) is 1. The van der Waals surface area contributed by atoms with E-state index in [9.17, 15) is 8.78 Å². The maximum absolute atomic E-state index is 13.5. The highest BCUT2D eigenvalue weighted by atomic mass is 35.5. The van der Waals surface area contributed by atoms with Crippen LogP contribution in [0.4, 0.5) is 8.78 Å². The lowest BCUT2D eigenvalue weighted by atomic mass is 10.2. The van der Waals surface area contributed by atoms with Crippen molar-refractivity contribution in [3.05, 3.63) is 69.2 Å². The highest BCUT2D eigenvalue weighted by molar-refractivity contribution is 6.30. The summed E-state index contributed by atoms with van der Waals surface area (Å²) >= 11 is 11.3. The van der Waals surface area contributed by atoms with E-state index in [-0.39, 0.29) is 27.1 Å². The molecule has 0 radical (unpaired) electrons. The minimum absolute atomic E-state index is 0.161. The second kappa shape index (κ2) is 8.37. The summed E-state index contributed by atoms with van der Waals surface area (Å²) in [4.78, 5) is 0. The second-order valence-corrected chi connectivity index (χ2v) is 5.30. The Morgan fingerprint density at radius 1 is 0.958 bits per heavy atom. The van der Waals surface area contributed by atoms with Crippen LogP contribution in [0.15, 0.2) is 51.7 Å². The monoisotopic (exact) mass is 369 g/mol. The Hall–Kier alpha value is -2.51. The Bertz CT molecular complexity index is 822. The third-order valence-electron chi connectivity index (χ3n) is 2.67. The average molecular weight is 370 g/mol. The Morgan fingerprint density at radius 2 is 1.50 bits per heavy atom. The van der Waals surface area contributed by atoms with Crippen molar-refractivity contribution in [2.45, 2.75) is 0 Å². The van der Waals surface area contributed by atoms with Crippen LogP contribution in [0, 0.1) is 11.6 Å². The molecule has 0 spiro atoms. The van der Waals surface area contributed by atoms with E-state index in [0.29, 0.717) is 0 Å². The molecule has 5 nitrogen and oxygen atoms in total. The van der Waals surface area contributed by atoms with Crippen molar-refractivity contribution < 1.29 is 8.78 Å². The summed E-state index contributed by atoms with van der Waals surface area (Å²) < 4.78 is 27.0. The normalized spacial score (nSPS) is 12.2. The Balaban J connectivity index is 1.96. The lowest BCUT2D eigenvalue weighted by molar-refractivity contribution is 0.625. The number of hydrazone groups is 1. The van der Waals surface area contributed by atoms with E-state index in [1.807, 2.05) is 0 Å². The molecule has 0 saturated carbocycles. The fraction of sp³-hybridized carbons (Fsp3) is 0. The van der Waals surface area contributed by atoms with Gasteiger partial charge < -0.3 is 5.73 Å². The van der Waals surface area contributed by atoms with Crippen LogP contribution in [0.25, 0.3) is 0 Å². The van der Waals surface area contributed by atoms with Gasteiger partial charge in [-0.15, -0.1) is 5.10 Å². The molecule has 0 aliphatic rings. The number of halogens is 4. The molecular formula is C15H11Cl2F2N5. The number of nitrogens with zero attached hydrogens (tertiary/aromatic N) is 3. The molecule has 0 bridgehead atoms. The van der Waals surface area contributed by atoms with Crippen molar-refractivity contribution in [1.82, 2.24) is 5.43 Å². The SMILES string of the molecule is NC(=N/N=C/c1ccc(Cl)cc1F)N/N=C/c1ccc(Cl)cc1F. The van der Waals surface area contributed by atoms with E-state index >= 15 is 0 Å². The molecule has 2 aromatic carbocycles. The van der Waals surface area contributed by atoms with Gasteiger partial charge in [0.2, 0.25) is 5.96 Å². The molecule has 24 heavy (non-hydrogen) atoms. The van der Waals surface area contributed by atoms with Crippen molar-refractivity contribution in [3.63, 3.8) is 0 Å². The molecule has 0 heterocycles. The molecule has 0 aliphatic heterocycles. The molecule has 2 rings (SSSR count). The molecule has 0 unspecified atom stereocenters. The summed E-state index contributed by atoms with van der Waals surface area (Å²) in [5.41, 5.74) is 8.27. The van der Waals surface area contributed by atoms with Crippen molar-refractivity contribution in [3.8, 4) is 0 Å². The van der Waals surface area contributed by atoms with E-state index in [2.05, 4.69) is 20.7 Å². The van der Waals surface area contributed by atoms with Crippen LogP contribution in [-0.4, -0.2) is 18.4 Å². The Morgan fingerprint density at radius 3 is 2.04 bits per heavy atom. The number of nitrogens with one attached hydrogen (secondary N) is 1. The topological polar surface area (TPSA) is 75.1 Å². The zero-order valence-electron chi connectivity index (χ0n) is 12.0. The van der Waals surface area contributed by atoms with Gasteiger partial charge in [-0.3, -0.25) is 0 Å². The summed E-state index contributed by atoms with van der Waals surface area (Å²) in [6.45, 7) is 0. The molecule has 0 fully saturated rings. The third kappa shape index (κ3) is 5.29. The van der Waals surface area contributed by atoms with Crippen LogP contribution in [0.3, 0.4) is 0 Å². The van der Waals surface area contributed by atoms with E-state index in [1.165, 1.54) is 36.7 Å². The largest absolute Gasteiger partial charge is 0.367 e. The van der Waals surface area contributed by atoms with Gasteiger partial charge in [0, 0.05) is 21.2 Å². The smallest absolute Gasteiger partial charge is 0.234 e. The fourth-order valence-corrected chi connectivity index (χ4v) is 1.87. The molecular weight excluding hydrogens is 359 g/mol. The van der Waals surface area contributed by atoms with Crippen molar-refractivity contribution in [2.75, 3.05) is 0 Å². The predicted molar refractivity (Wildman–Crippen MR) is 92.8 cm³/mol. The number of hydrogen-bond acceptors (Lipinski definition) is 3. The number of rotatable bonds is 4. The Kier molecular flexibility index (Phi) is 6.22. The van der Waals surface area contributed by atoms with E-state index in [0.717, 1.165) is 12.1 Å². The van der Waals surface area contributed by atoms with E-state index < -0.39 is 11.6 Å². The minimum Gasteiger partial charge on any atom is -0.367 e. The first-order valence-corrected chi connectivity index (χ1v) is 7.27. The second-order valence-electron chi connectivity index (χ2n) is 4.43. The maximum Gasteiger partial charge on any atom is 0.234 e. The molecule has 9 heteroatoms. The lowest BCUT2D eigenvalue weighted by Crippen LogP contribution is -2.26. The van der Waals surface area contributed by atoms with Crippen LogP contribution in [0.2, 0.25) is 10.0 Å². The van der Waals surface area contributed by atoms with Gasteiger partial charge in [-0.25, -0.2) is 14.2 Å². The van der Waals surface area contributed by atoms with Gasteiger partial charge in [-0.1, -0.05) is 23.2 Å². The van der Waals surface area contributed by atoms with Crippen LogP contribution in [0.1, 0.15) is 11.1 Å². The Labute approximate surface area is 146 Å².